The molecule has 0 radical (unpaired) electrons. The van der Waals surface area contributed by atoms with Gasteiger partial charge in [0.1, 0.15) is 5.82 Å². The highest BCUT2D eigenvalue weighted by molar-refractivity contribution is 6.31. The highest BCUT2D eigenvalue weighted by Crippen LogP contribution is 2.24. The molecule has 4 rings (SSSR count). The van der Waals surface area contributed by atoms with Crippen molar-refractivity contribution in [1.82, 2.24) is 15.0 Å². The fraction of sp³-hybridized carbons (Fsp3) is 0.286. The summed E-state index contributed by atoms with van der Waals surface area (Å²) in [6.45, 7) is 1.86. The van der Waals surface area contributed by atoms with E-state index in [1.807, 2.05) is 12.1 Å². The number of hydrogen-bond acceptors (Lipinski definition) is 5. The van der Waals surface area contributed by atoms with Crippen molar-refractivity contribution in [2.75, 3.05) is 18.4 Å². The average Bonchev–Trinajstić information content (AvgIpc) is 3.19. The van der Waals surface area contributed by atoms with Gasteiger partial charge in [0.05, 0.1) is 17.5 Å². The van der Waals surface area contributed by atoms with E-state index in [4.69, 9.17) is 27.7 Å². The Bertz CT molecular complexity index is 1060. The molecule has 156 valence electrons. The molecular weight excluding hydrogens is 430 g/mol. The predicted molar refractivity (Wildman–Crippen MR) is 113 cm³/mol. The molecule has 9 heteroatoms. The van der Waals surface area contributed by atoms with Gasteiger partial charge in [-0.1, -0.05) is 40.5 Å². The summed E-state index contributed by atoms with van der Waals surface area (Å²) < 4.78 is 18.7. The predicted octanol–water partition coefficient (Wildman–Crippen LogP) is 5.03. The highest BCUT2D eigenvalue weighted by atomic mass is 35.5. The Balaban J connectivity index is 1.37. The molecule has 1 amide bonds. The van der Waals surface area contributed by atoms with E-state index in [0.29, 0.717) is 35.5 Å². The Hall–Kier alpha value is -2.48. The quantitative estimate of drug-likeness (QED) is 0.592. The molecule has 6 nitrogen and oxygen atoms in total. The molecule has 1 aliphatic heterocycles. The Morgan fingerprint density at radius 3 is 2.93 bits per heavy atom. The van der Waals surface area contributed by atoms with Gasteiger partial charge < -0.3 is 9.84 Å². The minimum absolute atomic E-state index is 0.0232. The summed E-state index contributed by atoms with van der Waals surface area (Å²) >= 11 is 11.8. The summed E-state index contributed by atoms with van der Waals surface area (Å²) in [7, 11) is 0. The third-order valence-electron chi connectivity index (χ3n) is 4.97. The van der Waals surface area contributed by atoms with Crippen LogP contribution < -0.4 is 5.32 Å². The van der Waals surface area contributed by atoms with Crippen molar-refractivity contribution in [3.05, 3.63) is 64.2 Å². The van der Waals surface area contributed by atoms with Crippen LogP contribution in [-0.2, 0) is 11.3 Å². The highest BCUT2D eigenvalue weighted by Gasteiger charge is 2.27. The zero-order chi connectivity index (χ0) is 21.1. The van der Waals surface area contributed by atoms with Gasteiger partial charge >= 0.3 is 0 Å². The normalized spacial score (nSPS) is 17.1. The van der Waals surface area contributed by atoms with Crippen LogP contribution in [0.5, 0.6) is 0 Å². The van der Waals surface area contributed by atoms with Crippen LogP contribution in [0.3, 0.4) is 0 Å². The number of nitrogens with one attached hydrogen (secondary N) is 1. The molecule has 1 saturated heterocycles. The number of nitrogens with zero attached hydrogens (tertiary/aromatic N) is 3. The van der Waals surface area contributed by atoms with E-state index in [1.165, 1.54) is 18.2 Å². The van der Waals surface area contributed by atoms with E-state index in [1.54, 1.807) is 12.1 Å². The molecule has 0 aliphatic carbocycles. The van der Waals surface area contributed by atoms with Crippen LogP contribution in [0, 0.1) is 11.7 Å². The maximum atomic E-state index is 13.3. The molecule has 30 heavy (non-hydrogen) atoms. The zero-order valence-electron chi connectivity index (χ0n) is 15.9. The largest absolute Gasteiger partial charge is 0.338 e. The molecule has 0 spiro atoms. The molecule has 2 heterocycles. The number of piperidine rings is 1. The van der Waals surface area contributed by atoms with Crippen molar-refractivity contribution in [3.63, 3.8) is 0 Å². The number of benzene rings is 2. The average molecular weight is 449 g/mol. The van der Waals surface area contributed by atoms with Gasteiger partial charge in [-0.25, -0.2) is 4.39 Å². The number of hydrogen-bond donors (Lipinski definition) is 1. The maximum absolute atomic E-state index is 13.3. The van der Waals surface area contributed by atoms with Gasteiger partial charge in [0, 0.05) is 22.8 Å². The van der Waals surface area contributed by atoms with Crippen LogP contribution in [0.4, 0.5) is 10.1 Å². The monoisotopic (exact) mass is 448 g/mol. The molecule has 0 saturated carbocycles. The molecule has 3 aromatic rings. The molecule has 1 aromatic heterocycles. The van der Waals surface area contributed by atoms with E-state index in [-0.39, 0.29) is 16.8 Å². The molecule has 1 aliphatic rings. The number of rotatable bonds is 5. The molecular formula is C21H19Cl2FN4O2. The van der Waals surface area contributed by atoms with E-state index in [2.05, 4.69) is 20.4 Å². The lowest BCUT2D eigenvalue weighted by Crippen LogP contribution is -2.40. The molecule has 1 fully saturated rings. The zero-order valence-corrected chi connectivity index (χ0v) is 17.5. The first kappa shape index (κ1) is 20.8. The summed E-state index contributed by atoms with van der Waals surface area (Å²) in [4.78, 5) is 19.2. The summed E-state index contributed by atoms with van der Waals surface area (Å²) in [5.41, 5.74) is 1.26. The lowest BCUT2D eigenvalue weighted by atomic mass is 9.97. The number of carbonyl (C=O) groups is 1. The lowest BCUT2D eigenvalue weighted by molar-refractivity contribution is -0.121. The van der Waals surface area contributed by atoms with Crippen molar-refractivity contribution in [1.29, 1.82) is 0 Å². The summed E-state index contributed by atoms with van der Waals surface area (Å²) in [5.74, 6) is 0.129. The summed E-state index contributed by atoms with van der Waals surface area (Å²) in [6.07, 6.45) is 1.65. The Morgan fingerprint density at radius 1 is 1.27 bits per heavy atom. The van der Waals surface area contributed by atoms with Gasteiger partial charge in [-0.05, 0) is 49.7 Å². The van der Waals surface area contributed by atoms with Crippen LogP contribution in [0.2, 0.25) is 10.0 Å². The minimum atomic E-state index is -0.518. The molecule has 1 atom stereocenters. The summed E-state index contributed by atoms with van der Waals surface area (Å²) in [6, 6.07) is 11.4. The maximum Gasteiger partial charge on any atom is 0.241 e. The topological polar surface area (TPSA) is 71.3 Å². The lowest BCUT2D eigenvalue weighted by Gasteiger charge is -2.30. The van der Waals surface area contributed by atoms with Crippen molar-refractivity contribution >= 4 is 34.8 Å². The Labute approximate surface area is 183 Å². The SMILES string of the molecule is O=C(Nc1ccc(F)c(Cl)c1)C1CCCN(Cc2nc(-c3cccc(Cl)c3)no2)C1. The van der Waals surface area contributed by atoms with Crippen LogP contribution in [0.15, 0.2) is 47.0 Å². The molecule has 0 bridgehead atoms. The van der Waals surface area contributed by atoms with E-state index in [0.717, 1.165) is 24.9 Å². The molecule has 2 aromatic carbocycles. The van der Waals surface area contributed by atoms with Crippen LogP contribution in [0.1, 0.15) is 18.7 Å². The van der Waals surface area contributed by atoms with Crippen molar-refractivity contribution in [2.24, 2.45) is 5.92 Å². The van der Waals surface area contributed by atoms with Crippen molar-refractivity contribution in [2.45, 2.75) is 19.4 Å². The second-order valence-electron chi connectivity index (χ2n) is 7.21. The Kier molecular flexibility index (Phi) is 6.32. The van der Waals surface area contributed by atoms with E-state index >= 15 is 0 Å². The van der Waals surface area contributed by atoms with Crippen LogP contribution in [0.25, 0.3) is 11.4 Å². The smallest absolute Gasteiger partial charge is 0.241 e. The third kappa shape index (κ3) is 4.98. The molecule has 1 N–H and O–H groups in total. The number of likely N-dealkylation sites (tertiary alicyclic amines) is 1. The van der Waals surface area contributed by atoms with Gasteiger partial charge in [0.25, 0.3) is 0 Å². The van der Waals surface area contributed by atoms with Gasteiger partial charge in [-0.2, -0.15) is 4.98 Å². The standard InChI is InChI=1S/C21H19Cl2FN4O2/c22-15-5-1-3-13(9-15)20-26-19(30-27-20)12-28-8-2-4-14(11-28)21(29)25-16-6-7-18(24)17(23)10-16/h1,3,5-7,9-10,14H,2,4,8,11-12H2,(H,25,29). The van der Waals surface area contributed by atoms with Gasteiger partial charge in [0.15, 0.2) is 0 Å². The number of halogens is 3. The van der Waals surface area contributed by atoms with Gasteiger partial charge in [0.2, 0.25) is 17.6 Å². The first-order valence-corrected chi connectivity index (χ1v) is 10.3. The minimum Gasteiger partial charge on any atom is -0.338 e. The van der Waals surface area contributed by atoms with Gasteiger partial charge in [-0.15, -0.1) is 0 Å². The first-order chi connectivity index (χ1) is 14.5. The second kappa shape index (κ2) is 9.12. The number of aromatic nitrogens is 2. The van der Waals surface area contributed by atoms with E-state index < -0.39 is 5.82 Å². The number of anilines is 1. The third-order valence-corrected chi connectivity index (χ3v) is 5.50. The second-order valence-corrected chi connectivity index (χ2v) is 8.06. The Morgan fingerprint density at radius 2 is 2.13 bits per heavy atom. The number of carbonyl (C=O) groups excluding carboxylic acids is 1. The van der Waals surface area contributed by atoms with Gasteiger partial charge in [-0.3, -0.25) is 9.69 Å². The van der Waals surface area contributed by atoms with Crippen molar-refractivity contribution in [3.8, 4) is 11.4 Å². The fourth-order valence-corrected chi connectivity index (χ4v) is 3.86. The molecule has 1 unspecified atom stereocenters. The van der Waals surface area contributed by atoms with Crippen LogP contribution in [-0.4, -0.2) is 34.0 Å². The first-order valence-electron chi connectivity index (χ1n) is 9.55. The number of amides is 1. The van der Waals surface area contributed by atoms with Crippen molar-refractivity contribution < 1.29 is 13.7 Å². The summed E-state index contributed by atoms with van der Waals surface area (Å²) in [5, 5.41) is 7.42. The fourth-order valence-electron chi connectivity index (χ4n) is 3.49. The van der Waals surface area contributed by atoms with Crippen LogP contribution >= 0.6 is 23.2 Å². The van der Waals surface area contributed by atoms with E-state index in [9.17, 15) is 9.18 Å².